The van der Waals surface area contributed by atoms with Crippen LogP contribution in [-0.2, 0) is 0 Å². The lowest BCUT2D eigenvalue weighted by Gasteiger charge is -2.48. The number of piperazine rings is 1. The lowest BCUT2D eigenvalue weighted by atomic mass is 9.97. The second-order valence-corrected chi connectivity index (χ2v) is 10.8. The van der Waals surface area contributed by atoms with Crippen LogP contribution in [0.15, 0.2) is 36.4 Å². The maximum Gasteiger partial charge on any atom is 0.270 e. The summed E-state index contributed by atoms with van der Waals surface area (Å²) in [4.78, 5) is 37.0. The summed E-state index contributed by atoms with van der Waals surface area (Å²) in [5.41, 5.74) is 3.25. The Hall–Kier alpha value is -2.64. The number of rotatable bonds is 6. The van der Waals surface area contributed by atoms with Gasteiger partial charge in [0.1, 0.15) is 5.69 Å². The minimum atomic E-state index is -0.0655. The molecule has 0 spiro atoms. The summed E-state index contributed by atoms with van der Waals surface area (Å²) in [5, 5.41) is 3.67. The first kappa shape index (κ1) is 25.0. The molecule has 0 unspecified atom stereocenters. The van der Waals surface area contributed by atoms with Crippen LogP contribution in [0.1, 0.15) is 65.6 Å². The number of aryl methyl sites for hydroxylation is 1. The van der Waals surface area contributed by atoms with Crippen LogP contribution < -0.4 is 10.2 Å². The van der Waals surface area contributed by atoms with E-state index in [1.54, 1.807) is 12.1 Å². The van der Waals surface area contributed by atoms with Crippen molar-refractivity contribution in [3.8, 4) is 0 Å². The average Bonchev–Trinajstić information content (AvgIpc) is 3.72. The van der Waals surface area contributed by atoms with E-state index >= 15 is 0 Å². The molecule has 2 aromatic rings. The number of anilines is 1. The van der Waals surface area contributed by atoms with Gasteiger partial charge in [-0.25, -0.2) is 4.98 Å². The molecule has 1 N–H and O–H groups in total. The molecule has 1 atom stereocenters. The SMILES string of the molecule is CC[C@H]1CN(c2ccc(C(=O)NC3CC3)nc2C)CCN1C1CCN(C(=O)c2ccc(Cl)cc2)CC1. The first-order valence-electron chi connectivity index (χ1n) is 13.3. The lowest BCUT2D eigenvalue weighted by Crippen LogP contribution is -2.58. The molecule has 0 radical (unpaired) electrons. The molecular weight excluding hydrogens is 474 g/mol. The molecule has 192 valence electrons. The Bertz CT molecular complexity index is 1100. The van der Waals surface area contributed by atoms with Crippen molar-refractivity contribution in [1.29, 1.82) is 0 Å². The molecule has 2 amide bonds. The molecule has 1 aliphatic carbocycles. The van der Waals surface area contributed by atoms with Crippen molar-refractivity contribution < 1.29 is 9.59 Å². The summed E-state index contributed by atoms with van der Waals surface area (Å²) in [6.45, 7) is 8.73. The molecule has 3 heterocycles. The molecule has 1 aromatic carbocycles. The molecule has 36 heavy (non-hydrogen) atoms. The van der Waals surface area contributed by atoms with Crippen molar-refractivity contribution in [2.45, 2.75) is 64.1 Å². The van der Waals surface area contributed by atoms with E-state index in [0.717, 1.165) is 76.2 Å². The van der Waals surface area contributed by atoms with Crippen LogP contribution in [0.4, 0.5) is 5.69 Å². The summed E-state index contributed by atoms with van der Waals surface area (Å²) in [6.07, 6.45) is 5.23. The fraction of sp³-hybridized carbons (Fsp3) is 0.536. The van der Waals surface area contributed by atoms with Gasteiger partial charge in [-0.1, -0.05) is 18.5 Å². The molecule has 2 saturated heterocycles. The van der Waals surface area contributed by atoms with Gasteiger partial charge in [0.25, 0.3) is 11.8 Å². The number of carbonyl (C=O) groups excluding carboxylic acids is 2. The van der Waals surface area contributed by atoms with Gasteiger partial charge in [-0.15, -0.1) is 0 Å². The molecule has 7 nitrogen and oxygen atoms in total. The highest BCUT2D eigenvalue weighted by Gasteiger charge is 2.34. The number of hydrogen-bond donors (Lipinski definition) is 1. The number of nitrogens with zero attached hydrogens (tertiary/aromatic N) is 4. The van der Waals surface area contributed by atoms with Crippen LogP contribution in [-0.4, -0.2) is 77.4 Å². The minimum absolute atomic E-state index is 0.0655. The molecule has 8 heteroatoms. The Morgan fingerprint density at radius 2 is 1.72 bits per heavy atom. The number of likely N-dealkylation sites (tertiary alicyclic amines) is 1. The number of piperidine rings is 1. The fourth-order valence-electron chi connectivity index (χ4n) is 5.61. The highest BCUT2D eigenvalue weighted by Crippen LogP contribution is 2.28. The number of halogens is 1. The molecule has 1 aromatic heterocycles. The zero-order chi connectivity index (χ0) is 25.2. The zero-order valence-corrected chi connectivity index (χ0v) is 22.0. The quantitative estimate of drug-likeness (QED) is 0.633. The van der Waals surface area contributed by atoms with Gasteiger partial charge in [-0.2, -0.15) is 0 Å². The predicted molar refractivity (Wildman–Crippen MR) is 143 cm³/mol. The van der Waals surface area contributed by atoms with Gasteiger partial charge >= 0.3 is 0 Å². The van der Waals surface area contributed by atoms with Crippen LogP contribution in [0.3, 0.4) is 0 Å². The van der Waals surface area contributed by atoms with Crippen molar-refractivity contribution in [1.82, 2.24) is 20.1 Å². The minimum Gasteiger partial charge on any atom is -0.367 e. The predicted octanol–water partition coefficient (Wildman–Crippen LogP) is 4.14. The standard InChI is InChI=1S/C28H36ClN5O2/c1-3-23-18-33(26-11-10-25(30-19(26)2)27(35)31-22-8-9-22)16-17-34(23)24-12-14-32(15-13-24)28(36)20-4-6-21(29)7-5-20/h4-7,10-11,22-24H,3,8-9,12-18H2,1-2H3,(H,31,35)/t23-/m0/s1. The van der Waals surface area contributed by atoms with Crippen molar-refractivity contribution in [3.05, 3.63) is 58.4 Å². The lowest BCUT2D eigenvalue weighted by molar-refractivity contribution is 0.0491. The maximum atomic E-state index is 12.9. The van der Waals surface area contributed by atoms with E-state index in [0.29, 0.717) is 34.4 Å². The van der Waals surface area contributed by atoms with E-state index in [2.05, 4.69) is 33.1 Å². The zero-order valence-electron chi connectivity index (χ0n) is 21.3. The van der Waals surface area contributed by atoms with Gasteiger partial charge in [0, 0.05) is 61.4 Å². The smallest absolute Gasteiger partial charge is 0.270 e. The maximum absolute atomic E-state index is 12.9. The van der Waals surface area contributed by atoms with E-state index < -0.39 is 0 Å². The average molecular weight is 510 g/mol. The van der Waals surface area contributed by atoms with Gasteiger partial charge < -0.3 is 15.1 Å². The van der Waals surface area contributed by atoms with Gasteiger partial charge in [0.05, 0.1) is 11.4 Å². The van der Waals surface area contributed by atoms with Crippen LogP contribution in [0, 0.1) is 6.92 Å². The first-order chi connectivity index (χ1) is 17.4. The van der Waals surface area contributed by atoms with E-state index in [1.165, 1.54) is 0 Å². The Morgan fingerprint density at radius 1 is 1.00 bits per heavy atom. The monoisotopic (exact) mass is 509 g/mol. The number of hydrogen-bond acceptors (Lipinski definition) is 5. The number of aromatic nitrogens is 1. The number of pyridine rings is 1. The van der Waals surface area contributed by atoms with Crippen molar-refractivity contribution >= 4 is 29.1 Å². The second-order valence-electron chi connectivity index (χ2n) is 10.3. The molecule has 3 aliphatic rings. The van der Waals surface area contributed by atoms with Crippen LogP contribution >= 0.6 is 11.6 Å². The van der Waals surface area contributed by atoms with Gasteiger partial charge in [-0.05, 0) is 75.4 Å². The normalized spacial score (nSPS) is 21.5. The molecule has 3 fully saturated rings. The van der Waals surface area contributed by atoms with Crippen LogP contribution in [0.5, 0.6) is 0 Å². The summed E-state index contributed by atoms with van der Waals surface area (Å²) in [5.74, 6) is 0.0310. The van der Waals surface area contributed by atoms with Crippen molar-refractivity contribution in [2.24, 2.45) is 0 Å². The van der Waals surface area contributed by atoms with Gasteiger partial charge in [0.2, 0.25) is 0 Å². The Balaban J connectivity index is 1.18. The number of nitrogens with one attached hydrogen (secondary N) is 1. The van der Waals surface area contributed by atoms with E-state index in [9.17, 15) is 9.59 Å². The first-order valence-corrected chi connectivity index (χ1v) is 13.6. The molecular formula is C28H36ClN5O2. The van der Waals surface area contributed by atoms with E-state index in [4.69, 9.17) is 11.6 Å². The second kappa shape index (κ2) is 10.8. The van der Waals surface area contributed by atoms with Crippen LogP contribution in [0.2, 0.25) is 5.02 Å². The van der Waals surface area contributed by atoms with Crippen molar-refractivity contribution in [2.75, 3.05) is 37.6 Å². The van der Waals surface area contributed by atoms with E-state index in [1.807, 2.05) is 30.0 Å². The number of amides is 2. The molecule has 5 rings (SSSR count). The summed E-state index contributed by atoms with van der Waals surface area (Å²) in [6, 6.07) is 12.4. The highest BCUT2D eigenvalue weighted by atomic mass is 35.5. The van der Waals surface area contributed by atoms with E-state index in [-0.39, 0.29) is 11.8 Å². The largest absolute Gasteiger partial charge is 0.367 e. The van der Waals surface area contributed by atoms with Gasteiger partial charge in [0.15, 0.2) is 0 Å². The third kappa shape index (κ3) is 5.52. The fourth-order valence-corrected chi connectivity index (χ4v) is 5.74. The third-order valence-corrected chi connectivity index (χ3v) is 8.11. The molecule has 0 bridgehead atoms. The Labute approximate surface area is 218 Å². The Morgan fingerprint density at radius 3 is 2.36 bits per heavy atom. The van der Waals surface area contributed by atoms with Crippen LogP contribution in [0.25, 0.3) is 0 Å². The molecule has 1 saturated carbocycles. The summed E-state index contributed by atoms with van der Waals surface area (Å²) < 4.78 is 0. The van der Waals surface area contributed by atoms with Crippen molar-refractivity contribution in [3.63, 3.8) is 0 Å². The third-order valence-electron chi connectivity index (χ3n) is 7.86. The topological polar surface area (TPSA) is 68.8 Å². The number of carbonyl (C=O) groups is 2. The van der Waals surface area contributed by atoms with Gasteiger partial charge in [-0.3, -0.25) is 14.5 Å². The summed E-state index contributed by atoms with van der Waals surface area (Å²) >= 11 is 5.98. The number of benzene rings is 1. The Kier molecular flexibility index (Phi) is 7.49. The molecule has 2 aliphatic heterocycles. The summed E-state index contributed by atoms with van der Waals surface area (Å²) in [7, 11) is 0. The highest BCUT2D eigenvalue weighted by molar-refractivity contribution is 6.30.